The van der Waals surface area contributed by atoms with Crippen molar-refractivity contribution in [2.75, 3.05) is 25.2 Å². The van der Waals surface area contributed by atoms with Crippen LogP contribution in [0, 0.1) is 0 Å². The molecule has 2 atom stereocenters. The van der Waals surface area contributed by atoms with Crippen LogP contribution in [0.3, 0.4) is 0 Å². The van der Waals surface area contributed by atoms with Crippen LogP contribution in [0.5, 0.6) is 5.75 Å². The Kier molecular flexibility index (Phi) is 7.38. The van der Waals surface area contributed by atoms with E-state index in [1.807, 2.05) is 65.4 Å². The van der Waals surface area contributed by atoms with E-state index in [1.165, 1.54) is 0 Å². The highest BCUT2D eigenvalue weighted by Gasteiger charge is 2.42. The van der Waals surface area contributed by atoms with E-state index >= 15 is 0 Å². The molecule has 0 aliphatic carbocycles. The first kappa shape index (κ1) is 24.5. The summed E-state index contributed by atoms with van der Waals surface area (Å²) in [6, 6.07) is 18.8. The number of ether oxygens (including phenoxy) is 2. The summed E-state index contributed by atoms with van der Waals surface area (Å²) in [5.74, 6) is 1.33. The molecule has 0 spiro atoms. The van der Waals surface area contributed by atoms with Gasteiger partial charge in [0.2, 0.25) is 0 Å². The molecule has 1 aromatic carbocycles. The lowest BCUT2D eigenvalue weighted by molar-refractivity contribution is 0.146. The number of aromatic nitrogens is 3. The van der Waals surface area contributed by atoms with Crippen LogP contribution in [-0.2, 0) is 4.74 Å². The van der Waals surface area contributed by atoms with Gasteiger partial charge in [-0.05, 0) is 66.8 Å². The first-order chi connectivity index (χ1) is 17.6. The van der Waals surface area contributed by atoms with Gasteiger partial charge >= 0.3 is 0 Å². The summed E-state index contributed by atoms with van der Waals surface area (Å²) >= 11 is 18.5. The maximum absolute atomic E-state index is 6.61. The lowest BCUT2D eigenvalue weighted by Crippen LogP contribution is -2.30. The number of methoxy groups -OCH3 is 1. The van der Waals surface area contributed by atoms with Gasteiger partial charge in [0, 0.05) is 37.1 Å². The molecule has 0 bridgehead atoms. The Bertz CT molecular complexity index is 1350. The fourth-order valence-corrected chi connectivity index (χ4v) is 4.97. The summed E-state index contributed by atoms with van der Waals surface area (Å²) in [6.45, 7) is 0.882. The van der Waals surface area contributed by atoms with Gasteiger partial charge in [-0.1, -0.05) is 29.3 Å². The second-order valence-corrected chi connectivity index (χ2v) is 9.32. The number of halogens is 2. The van der Waals surface area contributed by atoms with Crippen molar-refractivity contribution in [1.29, 1.82) is 0 Å². The molecule has 4 heterocycles. The number of nitrogens with one attached hydrogen (secondary N) is 1. The molecule has 184 valence electrons. The fourth-order valence-electron chi connectivity index (χ4n) is 4.28. The summed E-state index contributed by atoms with van der Waals surface area (Å²) in [6.07, 6.45) is 5.39. The number of hydrogen-bond donors (Lipinski definition) is 1. The van der Waals surface area contributed by atoms with Crippen LogP contribution >= 0.6 is 35.4 Å². The van der Waals surface area contributed by atoms with Crippen molar-refractivity contribution in [3.63, 3.8) is 0 Å². The van der Waals surface area contributed by atoms with Gasteiger partial charge in [-0.3, -0.25) is 4.98 Å². The van der Waals surface area contributed by atoms with Crippen LogP contribution in [-0.4, -0.2) is 40.0 Å². The molecule has 0 radical (unpaired) electrons. The van der Waals surface area contributed by atoms with E-state index in [0.29, 0.717) is 34.1 Å². The summed E-state index contributed by atoms with van der Waals surface area (Å²) in [5, 5.41) is 5.10. The van der Waals surface area contributed by atoms with E-state index < -0.39 is 0 Å². The average Bonchev–Trinajstić information content (AvgIpc) is 3.50. The number of anilines is 1. The molecule has 3 aromatic heterocycles. The summed E-state index contributed by atoms with van der Waals surface area (Å²) < 4.78 is 12.8. The van der Waals surface area contributed by atoms with E-state index in [-0.39, 0.29) is 12.1 Å². The van der Waals surface area contributed by atoms with E-state index in [0.717, 1.165) is 22.9 Å². The molecule has 4 aromatic rings. The zero-order valence-corrected chi connectivity index (χ0v) is 21.7. The molecule has 10 heteroatoms. The Morgan fingerprint density at radius 2 is 1.92 bits per heavy atom. The van der Waals surface area contributed by atoms with E-state index in [2.05, 4.69) is 26.3 Å². The summed E-state index contributed by atoms with van der Waals surface area (Å²) in [7, 11) is 1.63. The molecule has 36 heavy (non-hydrogen) atoms. The first-order valence-corrected chi connectivity index (χ1v) is 12.4. The van der Waals surface area contributed by atoms with Gasteiger partial charge in [0.1, 0.15) is 24.2 Å². The Hall–Kier alpha value is -3.17. The van der Waals surface area contributed by atoms with Crippen LogP contribution < -0.4 is 15.0 Å². The molecule has 5 rings (SSSR count). The molecule has 1 aliphatic heterocycles. The number of rotatable bonds is 8. The number of benzene rings is 1. The van der Waals surface area contributed by atoms with Crippen molar-refractivity contribution in [2.45, 2.75) is 12.1 Å². The zero-order valence-electron chi connectivity index (χ0n) is 19.3. The SMILES string of the molecule is COCCOc1ccc(N2C(=S)N[C@H](c3ccccn3)[C@H]2c2cccn2-c2ccc(Cl)cn2)cc1Cl. The number of hydrogen-bond acceptors (Lipinski definition) is 5. The quantitative estimate of drug-likeness (QED) is 0.225. The molecular formula is C26H23Cl2N5O2S. The van der Waals surface area contributed by atoms with Crippen LogP contribution in [0.2, 0.25) is 10.0 Å². The molecule has 1 N–H and O–H groups in total. The van der Waals surface area contributed by atoms with Crippen molar-refractivity contribution in [2.24, 2.45) is 0 Å². The Labute approximate surface area is 224 Å². The Balaban J connectivity index is 1.58. The van der Waals surface area contributed by atoms with Crippen molar-refractivity contribution in [1.82, 2.24) is 19.9 Å². The summed E-state index contributed by atoms with van der Waals surface area (Å²) in [4.78, 5) is 11.2. The molecule has 0 saturated carbocycles. The standard InChI is InChI=1S/C26H23Cl2N5O2S/c1-34-13-14-35-22-9-8-18(15-19(22)28)33-25(24(31-26(33)36)20-5-2-3-11-29-20)21-6-4-12-32(21)23-10-7-17(27)16-30-23/h2-12,15-16,24-25H,13-14H2,1H3,(H,31,36)/t24-,25-/m1/s1. The van der Waals surface area contributed by atoms with Gasteiger partial charge in [0.05, 0.1) is 28.4 Å². The van der Waals surface area contributed by atoms with Gasteiger partial charge in [-0.25, -0.2) is 4.98 Å². The van der Waals surface area contributed by atoms with Crippen molar-refractivity contribution >= 4 is 46.2 Å². The zero-order chi connectivity index (χ0) is 25.1. The average molecular weight is 540 g/mol. The third-order valence-electron chi connectivity index (χ3n) is 5.88. The van der Waals surface area contributed by atoms with Crippen LogP contribution in [0.25, 0.3) is 5.82 Å². The lowest BCUT2D eigenvalue weighted by Gasteiger charge is -2.29. The molecule has 1 saturated heterocycles. The summed E-state index contributed by atoms with van der Waals surface area (Å²) in [5.41, 5.74) is 2.68. The second-order valence-electron chi connectivity index (χ2n) is 8.09. The topological polar surface area (TPSA) is 64.4 Å². The lowest BCUT2D eigenvalue weighted by atomic mass is 10.0. The van der Waals surface area contributed by atoms with Gasteiger partial charge in [-0.15, -0.1) is 0 Å². The highest BCUT2D eigenvalue weighted by atomic mass is 35.5. The third kappa shape index (κ3) is 4.90. The fraction of sp³-hybridized carbons (Fsp3) is 0.192. The Morgan fingerprint density at radius 1 is 1.03 bits per heavy atom. The normalized spacial score (nSPS) is 17.3. The van der Waals surface area contributed by atoms with Crippen molar-refractivity contribution in [3.05, 3.63) is 101 Å². The van der Waals surface area contributed by atoms with Gasteiger partial charge in [0.15, 0.2) is 5.11 Å². The van der Waals surface area contributed by atoms with Crippen molar-refractivity contribution in [3.8, 4) is 11.6 Å². The first-order valence-electron chi connectivity index (χ1n) is 11.3. The van der Waals surface area contributed by atoms with Crippen LogP contribution in [0.15, 0.2) is 79.3 Å². The maximum Gasteiger partial charge on any atom is 0.174 e. The van der Waals surface area contributed by atoms with E-state index in [9.17, 15) is 0 Å². The van der Waals surface area contributed by atoms with Crippen LogP contribution in [0.4, 0.5) is 5.69 Å². The smallest absolute Gasteiger partial charge is 0.174 e. The second kappa shape index (κ2) is 10.8. The molecule has 1 fully saturated rings. The predicted molar refractivity (Wildman–Crippen MR) is 145 cm³/mol. The minimum Gasteiger partial charge on any atom is -0.490 e. The molecule has 7 nitrogen and oxygen atoms in total. The third-order valence-corrected chi connectivity index (χ3v) is 6.71. The van der Waals surface area contributed by atoms with Crippen molar-refractivity contribution < 1.29 is 9.47 Å². The van der Waals surface area contributed by atoms with E-state index in [1.54, 1.807) is 19.5 Å². The Morgan fingerprint density at radius 3 is 2.64 bits per heavy atom. The largest absolute Gasteiger partial charge is 0.490 e. The predicted octanol–water partition coefficient (Wildman–Crippen LogP) is 5.78. The number of thiocarbonyl (C=S) groups is 1. The molecule has 1 aliphatic rings. The minimum absolute atomic E-state index is 0.212. The molecule has 0 amide bonds. The molecule has 0 unspecified atom stereocenters. The number of pyridine rings is 2. The van der Waals surface area contributed by atoms with E-state index in [4.69, 9.17) is 44.9 Å². The van der Waals surface area contributed by atoms with Gasteiger partial charge < -0.3 is 24.3 Å². The highest BCUT2D eigenvalue weighted by molar-refractivity contribution is 7.80. The number of nitrogens with zero attached hydrogens (tertiary/aromatic N) is 4. The molecular weight excluding hydrogens is 517 g/mol. The maximum atomic E-state index is 6.61. The van der Waals surface area contributed by atoms with Gasteiger partial charge in [0.25, 0.3) is 0 Å². The van der Waals surface area contributed by atoms with Gasteiger partial charge in [-0.2, -0.15) is 0 Å². The highest BCUT2D eigenvalue weighted by Crippen LogP contribution is 2.43. The van der Waals surface area contributed by atoms with Crippen LogP contribution in [0.1, 0.15) is 23.5 Å². The minimum atomic E-state index is -0.240. The monoisotopic (exact) mass is 539 g/mol.